The van der Waals surface area contributed by atoms with Crippen LogP contribution in [0.5, 0.6) is 0 Å². The van der Waals surface area contributed by atoms with Crippen LogP contribution in [0.25, 0.3) is 10.2 Å². The Morgan fingerprint density at radius 2 is 2.10 bits per heavy atom. The van der Waals surface area contributed by atoms with Crippen LogP contribution in [0.4, 0.5) is 5.82 Å². The predicted octanol–water partition coefficient (Wildman–Crippen LogP) is 4.54. The first-order valence-corrected chi connectivity index (χ1v) is 11.3. The highest BCUT2D eigenvalue weighted by atomic mass is 35.5. The van der Waals surface area contributed by atoms with Crippen LogP contribution in [0.1, 0.15) is 30.7 Å². The molecule has 0 radical (unpaired) electrons. The fourth-order valence-electron chi connectivity index (χ4n) is 3.67. The van der Waals surface area contributed by atoms with Gasteiger partial charge in [-0.3, -0.25) is 9.59 Å². The van der Waals surface area contributed by atoms with Crippen LogP contribution in [0.2, 0.25) is 5.02 Å². The first kappa shape index (κ1) is 20.8. The highest BCUT2D eigenvalue weighted by Gasteiger charge is 2.28. The van der Waals surface area contributed by atoms with Gasteiger partial charge in [0.1, 0.15) is 5.82 Å². The second-order valence-electron chi connectivity index (χ2n) is 7.46. The molecule has 6 nitrogen and oxygen atoms in total. The number of carbonyl (C=O) groups is 2. The third kappa shape index (κ3) is 5.15. The summed E-state index contributed by atoms with van der Waals surface area (Å²) < 4.78 is 1.18. The minimum Gasteiger partial charge on any atom is -0.342 e. The van der Waals surface area contributed by atoms with Gasteiger partial charge in [0.15, 0.2) is 0 Å². The Morgan fingerprint density at radius 3 is 2.90 bits per heavy atom. The molecule has 0 bridgehead atoms. The monoisotopic (exact) mass is 442 g/mol. The quantitative estimate of drug-likeness (QED) is 0.607. The van der Waals surface area contributed by atoms with E-state index < -0.39 is 0 Å². The Morgan fingerprint density at radius 1 is 1.23 bits per heavy atom. The van der Waals surface area contributed by atoms with Gasteiger partial charge in [-0.1, -0.05) is 23.7 Å². The Hall–Kier alpha value is -2.51. The van der Waals surface area contributed by atoms with Crippen LogP contribution in [0.15, 0.2) is 42.6 Å². The molecule has 1 saturated heterocycles. The van der Waals surface area contributed by atoms with Gasteiger partial charge in [-0.25, -0.2) is 9.97 Å². The number of amides is 2. The summed E-state index contributed by atoms with van der Waals surface area (Å²) in [6.45, 7) is 1.17. The summed E-state index contributed by atoms with van der Waals surface area (Å²) in [4.78, 5) is 35.8. The number of fused-ring (bicyclic) bond motifs is 1. The first-order valence-electron chi connectivity index (χ1n) is 10.1. The van der Waals surface area contributed by atoms with Crippen molar-refractivity contribution in [3.63, 3.8) is 0 Å². The maximum Gasteiger partial charge on any atom is 0.230 e. The van der Waals surface area contributed by atoms with Gasteiger partial charge < -0.3 is 10.2 Å². The molecule has 2 aromatic heterocycles. The van der Waals surface area contributed by atoms with E-state index in [1.165, 1.54) is 10.9 Å². The summed E-state index contributed by atoms with van der Waals surface area (Å²) in [5, 5.41) is 4.41. The summed E-state index contributed by atoms with van der Waals surface area (Å²) in [5.74, 6) is 0.267. The van der Waals surface area contributed by atoms with Crippen molar-refractivity contribution in [3.05, 3.63) is 52.6 Å². The predicted molar refractivity (Wildman–Crippen MR) is 120 cm³/mol. The Labute approximate surface area is 184 Å². The number of pyridine rings is 1. The van der Waals surface area contributed by atoms with Crippen molar-refractivity contribution in [1.82, 2.24) is 14.9 Å². The number of aromatic nitrogens is 2. The standard InChI is InChI=1S/C22H23ClN4O2S/c23-16-10-11-19(24-13-16)26-22(29)15-5-4-12-27(14-15)21(28)9-3-8-20-25-17-6-1-2-7-18(17)30-20/h1-2,6-7,10-11,13,15H,3-5,8-9,12,14H2,(H,24,26,29). The molecular formula is C22H23ClN4O2S. The number of thiazole rings is 1. The van der Waals surface area contributed by atoms with Crippen LogP contribution in [-0.2, 0) is 16.0 Å². The van der Waals surface area contributed by atoms with Gasteiger partial charge in [0.25, 0.3) is 0 Å². The maximum absolute atomic E-state index is 12.7. The molecule has 3 heterocycles. The molecule has 0 saturated carbocycles. The number of carbonyl (C=O) groups excluding carboxylic acids is 2. The van der Waals surface area contributed by atoms with Crippen LogP contribution < -0.4 is 5.32 Å². The molecule has 3 aromatic rings. The summed E-state index contributed by atoms with van der Waals surface area (Å²) >= 11 is 7.52. The number of piperidine rings is 1. The highest BCUT2D eigenvalue weighted by Crippen LogP contribution is 2.24. The van der Waals surface area contributed by atoms with Crippen molar-refractivity contribution in [2.75, 3.05) is 18.4 Å². The van der Waals surface area contributed by atoms with E-state index in [9.17, 15) is 9.59 Å². The van der Waals surface area contributed by atoms with E-state index in [2.05, 4.69) is 21.4 Å². The zero-order chi connectivity index (χ0) is 20.9. The number of rotatable bonds is 6. The third-order valence-corrected chi connectivity index (χ3v) is 6.56. The van der Waals surface area contributed by atoms with Gasteiger partial charge in [0.05, 0.1) is 26.2 Å². The summed E-state index contributed by atoms with van der Waals surface area (Å²) in [7, 11) is 0. The normalized spacial score (nSPS) is 16.6. The van der Waals surface area contributed by atoms with Crippen LogP contribution in [0.3, 0.4) is 0 Å². The number of aryl methyl sites for hydroxylation is 1. The number of halogens is 1. The maximum atomic E-state index is 12.7. The lowest BCUT2D eigenvalue weighted by molar-refractivity contribution is -0.134. The molecule has 30 heavy (non-hydrogen) atoms. The largest absolute Gasteiger partial charge is 0.342 e. The fourth-order valence-corrected chi connectivity index (χ4v) is 4.79. The van der Waals surface area contributed by atoms with Gasteiger partial charge in [-0.2, -0.15) is 0 Å². The summed E-state index contributed by atoms with van der Waals surface area (Å²) in [6, 6.07) is 11.4. The minimum absolute atomic E-state index is 0.100. The Kier molecular flexibility index (Phi) is 6.59. The van der Waals surface area contributed by atoms with Crippen molar-refractivity contribution < 1.29 is 9.59 Å². The lowest BCUT2D eigenvalue weighted by Crippen LogP contribution is -2.43. The lowest BCUT2D eigenvalue weighted by Gasteiger charge is -2.32. The van der Waals surface area contributed by atoms with Crippen LogP contribution >= 0.6 is 22.9 Å². The highest BCUT2D eigenvalue weighted by molar-refractivity contribution is 7.18. The molecule has 0 spiro atoms. The molecule has 1 N–H and O–H groups in total. The molecule has 2 amide bonds. The van der Waals surface area contributed by atoms with E-state index in [4.69, 9.17) is 11.6 Å². The zero-order valence-corrected chi connectivity index (χ0v) is 18.1. The Bertz CT molecular complexity index is 1000. The smallest absolute Gasteiger partial charge is 0.230 e. The SMILES string of the molecule is O=C(Nc1ccc(Cl)cn1)C1CCCN(C(=O)CCCc2nc3ccccc3s2)C1. The van der Waals surface area contributed by atoms with Gasteiger partial charge in [-0.05, 0) is 49.9 Å². The van der Waals surface area contributed by atoms with E-state index in [0.29, 0.717) is 30.4 Å². The van der Waals surface area contributed by atoms with Crippen LogP contribution in [-0.4, -0.2) is 39.8 Å². The van der Waals surface area contributed by atoms with Crippen molar-refractivity contribution in [1.29, 1.82) is 0 Å². The topological polar surface area (TPSA) is 75.2 Å². The molecule has 1 fully saturated rings. The van der Waals surface area contributed by atoms with E-state index in [-0.39, 0.29) is 17.7 Å². The number of nitrogens with one attached hydrogen (secondary N) is 1. The Balaban J connectivity index is 1.26. The molecule has 1 aliphatic rings. The molecule has 1 atom stereocenters. The molecule has 1 unspecified atom stereocenters. The molecule has 0 aliphatic carbocycles. The fraction of sp³-hybridized carbons (Fsp3) is 0.364. The van der Waals surface area contributed by atoms with Crippen molar-refractivity contribution in [3.8, 4) is 0 Å². The lowest BCUT2D eigenvalue weighted by atomic mass is 9.96. The molecule has 1 aromatic carbocycles. The number of nitrogens with zero attached hydrogens (tertiary/aromatic N) is 3. The molecule has 4 rings (SSSR count). The molecule has 8 heteroatoms. The average molecular weight is 443 g/mol. The van der Waals surface area contributed by atoms with E-state index in [1.807, 2.05) is 23.1 Å². The molecule has 156 valence electrons. The second kappa shape index (κ2) is 9.53. The second-order valence-corrected chi connectivity index (χ2v) is 9.01. The number of benzene rings is 1. The van der Waals surface area contributed by atoms with Gasteiger partial charge in [0, 0.05) is 25.7 Å². The zero-order valence-electron chi connectivity index (χ0n) is 16.5. The first-order chi connectivity index (χ1) is 14.6. The number of para-hydroxylation sites is 1. The molecular weight excluding hydrogens is 420 g/mol. The number of hydrogen-bond donors (Lipinski definition) is 1. The van der Waals surface area contributed by atoms with E-state index >= 15 is 0 Å². The number of hydrogen-bond acceptors (Lipinski definition) is 5. The number of anilines is 1. The van der Waals surface area contributed by atoms with Gasteiger partial charge in [-0.15, -0.1) is 11.3 Å². The van der Waals surface area contributed by atoms with E-state index in [1.54, 1.807) is 23.5 Å². The summed E-state index contributed by atoms with van der Waals surface area (Å²) in [5.41, 5.74) is 1.02. The van der Waals surface area contributed by atoms with Gasteiger partial charge >= 0.3 is 0 Å². The van der Waals surface area contributed by atoms with Crippen LogP contribution in [0, 0.1) is 5.92 Å². The van der Waals surface area contributed by atoms with Crippen molar-refractivity contribution in [2.45, 2.75) is 32.1 Å². The van der Waals surface area contributed by atoms with E-state index in [0.717, 1.165) is 36.2 Å². The van der Waals surface area contributed by atoms with Crippen molar-refractivity contribution >= 4 is 50.8 Å². The minimum atomic E-state index is -0.218. The molecule has 1 aliphatic heterocycles. The third-order valence-electron chi connectivity index (χ3n) is 5.24. The van der Waals surface area contributed by atoms with Gasteiger partial charge in [0.2, 0.25) is 11.8 Å². The van der Waals surface area contributed by atoms with Crippen molar-refractivity contribution in [2.24, 2.45) is 5.92 Å². The average Bonchev–Trinajstić information content (AvgIpc) is 3.18. The number of likely N-dealkylation sites (tertiary alicyclic amines) is 1. The summed E-state index contributed by atoms with van der Waals surface area (Å²) in [6.07, 6.45) is 5.14.